The van der Waals surface area contributed by atoms with Gasteiger partial charge in [-0.25, -0.2) is 0 Å². The summed E-state index contributed by atoms with van der Waals surface area (Å²) in [6, 6.07) is 0. The van der Waals surface area contributed by atoms with Gasteiger partial charge in [-0.2, -0.15) is 0 Å². The molecule has 0 spiro atoms. The van der Waals surface area contributed by atoms with Crippen LogP contribution in [0.4, 0.5) is 0 Å². The summed E-state index contributed by atoms with van der Waals surface area (Å²) < 4.78 is 16.8. The molecule has 6 nitrogen and oxygen atoms in total. The third kappa shape index (κ3) is 57.1. The summed E-state index contributed by atoms with van der Waals surface area (Å²) in [5.74, 6) is -0.955. The second kappa shape index (κ2) is 58.9. The van der Waals surface area contributed by atoms with E-state index in [-0.39, 0.29) is 31.1 Å². The Morgan fingerprint density at radius 2 is 0.507 bits per heavy atom. The van der Waals surface area contributed by atoms with E-state index in [4.69, 9.17) is 14.2 Å². The molecule has 0 unspecified atom stereocenters. The van der Waals surface area contributed by atoms with Gasteiger partial charge < -0.3 is 14.2 Å². The third-order valence-corrected chi connectivity index (χ3v) is 12.6. The number of rotatable bonds is 53. The fourth-order valence-corrected chi connectivity index (χ4v) is 8.06. The average molecular weight is 988 g/mol. The standard InChI is InChI=1S/C65H110O6/c1-4-7-10-13-16-19-22-25-28-30-32-34-37-39-42-45-48-51-54-57-63(66)69-60-62(71-65(68)59-56-53-50-47-44-41-36-27-24-21-18-15-12-9-6-3)61-70-64(67)58-55-52-49-46-43-40-38-35-33-31-29-26-23-20-17-14-11-8-5-2/h16-17,19-20,25-26,28-29,32-35,39-40,42-43,62H,4-15,18,21-24,27,30-31,36-38,41,44-61H2,1-3H3/b19-16-,20-17-,28-25-,29-26-,34-32-,35-33-,42-39-,43-40-. The lowest BCUT2D eigenvalue weighted by molar-refractivity contribution is -0.167. The summed E-state index contributed by atoms with van der Waals surface area (Å²) in [4.78, 5) is 38.2. The van der Waals surface area contributed by atoms with E-state index in [0.29, 0.717) is 19.3 Å². The fourth-order valence-electron chi connectivity index (χ4n) is 8.06. The van der Waals surface area contributed by atoms with Crippen LogP contribution in [0.5, 0.6) is 0 Å². The molecule has 0 saturated carbocycles. The van der Waals surface area contributed by atoms with Crippen LogP contribution in [0, 0.1) is 0 Å². The maximum Gasteiger partial charge on any atom is 0.306 e. The van der Waals surface area contributed by atoms with E-state index < -0.39 is 6.10 Å². The smallest absolute Gasteiger partial charge is 0.306 e. The van der Waals surface area contributed by atoms with Crippen molar-refractivity contribution in [3.05, 3.63) is 97.2 Å². The maximum absolute atomic E-state index is 12.9. The van der Waals surface area contributed by atoms with Gasteiger partial charge in [0.1, 0.15) is 13.2 Å². The van der Waals surface area contributed by atoms with Crippen molar-refractivity contribution in [3.63, 3.8) is 0 Å². The van der Waals surface area contributed by atoms with Crippen LogP contribution in [0.1, 0.15) is 278 Å². The van der Waals surface area contributed by atoms with E-state index in [1.54, 1.807) is 0 Å². The number of carbonyl (C=O) groups excluding carboxylic acids is 3. The van der Waals surface area contributed by atoms with Crippen LogP contribution in [0.25, 0.3) is 0 Å². The van der Waals surface area contributed by atoms with E-state index >= 15 is 0 Å². The highest BCUT2D eigenvalue weighted by Crippen LogP contribution is 2.15. The molecule has 71 heavy (non-hydrogen) atoms. The molecule has 0 aliphatic rings. The lowest BCUT2D eigenvalue weighted by Crippen LogP contribution is -2.30. The van der Waals surface area contributed by atoms with Gasteiger partial charge >= 0.3 is 17.9 Å². The summed E-state index contributed by atoms with van der Waals surface area (Å²) >= 11 is 0. The van der Waals surface area contributed by atoms with Gasteiger partial charge in [0, 0.05) is 19.3 Å². The molecule has 0 aliphatic carbocycles. The Morgan fingerprint density at radius 3 is 0.817 bits per heavy atom. The minimum absolute atomic E-state index is 0.103. The summed E-state index contributed by atoms with van der Waals surface area (Å²) in [7, 11) is 0. The molecular formula is C65H110O6. The number of unbranched alkanes of at least 4 members (excludes halogenated alkanes) is 26. The SMILES string of the molecule is CCCCC/C=C\C/C=C\C/C=C\C/C=C\CCCCCC(=O)OCC(COC(=O)CCCCC/C=C\C/C=C\C/C=C\C/C=C\CCCCC)OC(=O)CCCCCCCCCCCCCCCCC. The Kier molecular flexibility index (Phi) is 55.9. The van der Waals surface area contributed by atoms with Gasteiger partial charge in [0.25, 0.3) is 0 Å². The number of esters is 3. The first-order valence-electron chi connectivity index (χ1n) is 29.7. The number of hydrogen-bond acceptors (Lipinski definition) is 6. The van der Waals surface area contributed by atoms with Crippen LogP contribution in [-0.4, -0.2) is 37.2 Å². The number of hydrogen-bond donors (Lipinski definition) is 0. The van der Waals surface area contributed by atoms with Crippen LogP contribution < -0.4 is 0 Å². The van der Waals surface area contributed by atoms with Crippen LogP contribution in [0.3, 0.4) is 0 Å². The minimum atomic E-state index is -0.804. The lowest BCUT2D eigenvalue weighted by Gasteiger charge is -2.18. The van der Waals surface area contributed by atoms with E-state index in [1.165, 1.54) is 128 Å². The van der Waals surface area contributed by atoms with E-state index in [2.05, 4.69) is 118 Å². The third-order valence-electron chi connectivity index (χ3n) is 12.6. The predicted molar refractivity (Wildman–Crippen MR) is 307 cm³/mol. The highest BCUT2D eigenvalue weighted by molar-refractivity contribution is 5.71. The quantitative estimate of drug-likeness (QED) is 0.0261. The summed E-state index contributed by atoms with van der Waals surface area (Å²) in [6.45, 7) is 6.54. The molecule has 0 aromatic rings. The Labute approximate surface area is 438 Å². The predicted octanol–water partition coefficient (Wildman–Crippen LogP) is 20.1. The van der Waals surface area contributed by atoms with Crippen molar-refractivity contribution in [1.29, 1.82) is 0 Å². The van der Waals surface area contributed by atoms with Crippen molar-refractivity contribution in [1.82, 2.24) is 0 Å². The van der Waals surface area contributed by atoms with Crippen molar-refractivity contribution in [3.8, 4) is 0 Å². The first-order chi connectivity index (χ1) is 35.0. The van der Waals surface area contributed by atoms with Crippen LogP contribution >= 0.6 is 0 Å². The topological polar surface area (TPSA) is 78.9 Å². The lowest BCUT2D eigenvalue weighted by atomic mass is 10.0. The number of carbonyl (C=O) groups is 3. The number of ether oxygens (including phenoxy) is 3. The summed E-state index contributed by atoms with van der Waals surface area (Å²) in [6.07, 6.45) is 78.2. The monoisotopic (exact) mass is 987 g/mol. The molecular weight excluding hydrogens is 877 g/mol. The van der Waals surface area contributed by atoms with Crippen LogP contribution in [0.15, 0.2) is 97.2 Å². The molecule has 0 atom stereocenters. The highest BCUT2D eigenvalue weighted by Gasteiger charge is 2.19. The van der Waals surface area contributed by atoms with E-state index in [0.717, 1.165) is 109 Å². The van der Waals surface area contributed by atoms with Crippen molar-refractivity contribution in [2.24, 2.45) is 0 Å². The Hall–Kier alpha value is -3.67. The molecule has 0 saturated heterocycles. The van der Waals surface area contributed by atoms with Crippen molar-refractivity contribution in [2.75, 3.05) is 13.2 Å². The van der Waals surface area contributed by atoms with Crippen LogP contribution in [0.2, 0.25) is 0 Å². The molecule has 406 valence electrons. The second-order valence-corrected chi connectivity index (χ2v) is 19.6. The Bertz CT molecular complexity index is 1330. The molecule has 0 bridgehead atoms. The van der Waals surface area contributed by atoms with Crippen LogP contribution in [-0.2, 0) is 28.6 Å². The molecule has 0 amide bonds. The normalized spacial score (nSPS) is 12.4. The zero-order valence-electron chi connectivity index (χ0n) is 46.5. The van der Waals surface area contributed by atoms with Gasteiger partial charge in [-0.3, -0.25) is 14.4 Å². The van der Waals surface area contributed by atoms with Crippen molar-refractivity contribution >= 4 is 17.9 Å². The van der Waals surface area contributed by atoms with Gasteiger partial charge in [-0.15, -0.1) is 0 Å². The molecule has 0 N–H and O–H groups in total. The maximum atomic E-state index is 12.9. The van der Waals surface area contributed by atoms with E-state index in [9.17, 15) is 14.4 Å². The largest absolute Gasteiger partial charge is 0.462 e. The first-order valence-corrected chi connectivity index (χ1v) is 29.7. The Balaban J connectivity index is 4.49. The minimum Gasteiger partial charge on any atom is -0.462 e. The molecule has 0 radical (unpaired) electrons. The molecule has 0 aliphatic heterocycles. The van der Waals surface area contributed by atoms with Crippen molar-refractivity contribution in [2.45, 2.75) is 284 Å². The first kappa shape index (κ1) is 67.3. The molecule has 0 aromatic carbocycles. The molecule has 0 aromatic heterocycles. The fraction of sp³-hybridized carbons (Fsp3) is 0.708. The highest BCUT2D eigenvalue weighted by atomic mass is 16.6. The van der Waals surface area contributed by atoms with E-state index in [1.807, 2.05) is 0 Å². The molecule has 0 fully saturated rings. The molecule has 0 rings (SSSR count). The molecule has 0 heterocycles. The number of allylic oxidation sites excluding steroid dienone is 16. The average Bonchev–Trinajstić information content (AvgIpc) is 3.37. The van der Waals surface area contributed by atoms with Gasteiger partial charge in [0.15, 0.2) is 6.10 Å². The van der Waals surface area contributed by atoms with Gasteiger partial charge in [0.2, 0.25) is 0 Å². The van der Waals surface area contributed by atoms with Crippen molar-refractivity contribution < 1.29 is 28.6 Å². The van der Waals surface area contributed by atoms with Gasteiger partial charge in [-0.1, -0.05) is 246 Å². The summed E-state index contributed by atoms with van der Waals surface area (Å²) in [5, 5.41) is 0. The Morgan fingerprint density at radius 1 is 0.282 bits per heavy atom. The zero-order valence-corrected chi connectivity index (χ0v) is 46.5. The zero-order chi connectivity index (χ0) is 51.4. The summed E-state index contributed by atoms with van der Waals surface area (Å²) in [5.41, 5.74) is 0. The van der Waals surface area contributed by atoms with Gasteiger partial charge in [0.05, 0.1) is 0 Å². The molecule has 6 heteroatoms. The van der Waals surface area contributed by atoms with Gasteiger partial charge in [-0.05, 0) is 109 Å². The second-order valence-electron chi connectivity index (χ2n) is 19.6.